The second-order valence-corrected chi connectivity index (χ2v) is 13.5. The fraction of sp³-hybridized carbons (Fsp3) is 0.289. The van der Waals surface area contributed by atoms with Gasteiger partial charge in [-0.1, -0.05) is 93.8 Å². The van der Waals surface area contributed by atoms with Crippen molar-refractivity contribution in [1.29, 1.82) is 0 Å². The van der Waals surface area contributed by atoms with E-state index in [0.29, 0.717) is 18.7 Å². The van der Waals surface area contributed by atoms with Gasteiger partial charge in [0.2, 0.25) is 0 Å². The number of fused-ring (bicyclic) bond motifs is 1. The highest BCUT2D eigenvalue weighted by molar-refractivity contribution is 7.90. The number of carbonyl (C=O) groups excluding carboxylic acids is 2. The van der Waals surface area contributed by atoms with Crippen molar-refractivity contribution < 1.29 is 18.0 Å². The van der Waals surface area contributed by atoms with Crippen molar-refractivity contribution in [3.63, 3.8) is 0 Å². The van der Waals surface area contributed by atoms with Crippen LogP contribution in [0.5, 0.6) is 0 Å². The number of carbonyl (C=O) groups is 2. The largest absolute Gasteiger partial charge is 0.341 e. The van der Waals surface area contributed by atoms with Gasteiger partial charge in [0.1, 0.15) is 5.82 Å². The van der Waals surface area contributed by atoms with Crippen LogP contribution in [0.4, 0.5) is 10.5 Å². The van der Waals surface area contributed by atoms with Gasteiger partial charge >= 0.3 is 6.03 Å². The fourth-order valence-corrected chi connectivity index (χ4v) is 6.77. The van der Waals surface area contributed by atoms with E-state index in [1.165, 1.54) is 12.1 Å². The Labute approximate surface area is 283 Å². The van der Waals surface area contributed by atoms with E-state index in [1.54, 1.807) is 42.3 Å². The molecule has 0 aliphatic heterocycles. The predicted molar refractivity (Wildman–Crippen MR) is 192 cm³/mol. The molecule has 0 bridgehead atoms. The summed E-state index contributed by atoms with van der Waals surface area (Å²) in [5.41, 5.74) is 5.43. The van der Waals surface area contributed by atoms with Gasteiger partial charge in [-0.15, -0.1) is 0 Å². The number of nitrogens with one attached hydrogen (secondary N) is 2. The Balaban J connectivity index is 1.41. The Morgan fingerprint density at radius 2 is 1.54 bits per heavy atom. The van der Waals surface area contributed by atoms with Crippen LogP contribution in [-0.2, 0) is 23.0 Å². The normalized spacial score (nSPS) is 11.4. The van der Waals surface area contributed by atoms with E-state index in [-0.39, 0.29) is 16.5 Å². The van der Waals surface area contributed by atoms with Gasteiger partial charge in [0, 0.05) is 37.8 Å². The molecule has 5 rings (SSSR count). The summed E-state index contributed by atoms with van der Waals surface area (Å²) in [6.07, 6.45) is 5.95. The van der Waals surface area contributed by atoms with Gasteiger partial charge in [-0.25, -0.2) is 22.9 Å². The molecule has 250 valence electrons. The maximum absolute atomic E-state index is 13.2. The number of amides is 3. The summed E-state index contributed by atoms with van der Waals surface area (Å²) >= 11 is 0. The van der Waals surface area contributed by atoms with Gasteiger partial charge in [-0.2, -0.15) is 0 Å². The second kappa shape index (κ2) is 15.8. The molecular formula is C38H43N5O4S. The lowest BCUT2D eigenvalue weighted by atomic mass is 9.98. The number of aromatic nitrogens is 2. The quantitative estimate of drug-likeness (QED) is 0.119. The lowest BCUT2D eigenvalue weighted by molar-refractivity contribution is 0.0982. The third-order valence-corrected chi connectivity index (χ3v) is 9.73. The molecule has 0 saturated heterocycles. The Bertz CT molecular complexity index is 1970. The number of hydrogen-bond acceptors (Lipinski definition) is 5. The highest BCUT2D eigenvalue weighted by atomic mass is 32.2. The predicted octanol–water partition coefficient (Wildman–Crippen LogP) is 7.55. The van der Waals surface area contributed by atoms with E-state index < -0.39 is 15.9 Å². The van der Waals surface area contributed by atoms with E-state index in [1.807, 2.05) is 48.5 Å². The second-order valence-electron chi connectivity index (χ2n) is 11.8. The van der Waals surface area contributed by atoms with Crippen molar-refractivity contribution in [2.75, 3.05) is 18.5 Å². The monoisotopic (exact) mass is 665 g/mol. The number of rotatable bonds is 14. The fourth-order valence-electron chi connectivity index (χ4n) is 5.78. The zero-order valence-electron chi connectivity index (χ0n) is 27.8. The Morgan fingerprint density at radius 3 is 2.25 bits per heavy atom. The van der Waals surface area contributed by atoms with E-state index in [2.05, 4.69) is 34.5 Å². The molecule has 1 aromatic heterocycles. The molecular weight excluding hydrogens is 623 g/mol. The van der Waals surface area contributed by atoms with Crippen LogP contribution in [0.15, 0.2) is 102 Å². The van der Waals surface area contributed by atoms with Gasteiger partial charge in [0.25, 0.3) is 15.9 Å². The molecule has 48 heavy (non-hydrogen) atoms. The summed E-state index contributed by atoms with van der Waals surface area (Å²) in [5, 5.41) is 2.77. The molecule has 2 N–H and O–H groups in total. The molecule has 1 heterocycles. The lowest BCUT2D eigenvalue weighted by Crippen LogP contribution is -2.38. The number of sulfonamides is 1. The summed E-state index contributed by atoms with van der Waals surface area (Å²) in [5.74, 6) is 0.302. The Kier molecular flexibility index (Phi) is 11.3. The highest BCUT2D eigenvalue weighted by Gasteiger charge is 2.21. The maximum Gasteiger partial charge on any atom is 0.321 e. The van der Waals surface area contributed by atoms with Crippen LogP contribution in [-0.4, -0.2) is 43.5 Å². The molecule has 10 heteroatoms. The van der Waals surface area contributed by atoms with Crippen molar-refractivity contribution in [2.45, 2.75) is 63.8 Å². The van der Waals surface area contributed by atoms with Crippen molar-refractivity contribution in [3.05, 3.63) is 114 Å². The summed E-state index contributed by atoms with van der Waals surface area (Å²) < 4.78 is 30.1. The molecule has 0 aliphatic rings. The molecule has 4 aromatic carbocycles. The molecule has 5 aromatic rings. The molecule has 0 unspecified atom stereocenters. The molecule has 0 spiro atoms. The molecule has 0 saturated carbocycles. The highest BCUT2D eigenvalue weighted by Crippen LogP contribution is 2.28. The van der Waals surface area contributed by atoms with Crippen LogP contribution in [0.3, 0.4) is 0 Å². The number of aryl methyl sites for hydroxylation is 1. The van der Waals surface area contributed by atoms with E-state index in [0.717, 1.165) is 72.2 Å². The number of hydrogen-bond donors (Lipinski definition) is 2. The number of benzene rings is 4. The topological polar surface area (TPSA) is 113 Å². The number of anilines is 1. The van der Waals surface area contributed by atoms with Crippen molar-refractivity contribution in [3.8, 4) is 11.1 Å². The summed E-state index contributed by atoms with van der Waals surface area (Å²) in [7, 11) is -2.37. The number of urea groups is 1. The zero-order valence-corrected chi connectivity index (χ0v) is 28.6. The zero-order chi connectivity index (χ0) is 34.1. The molecule has 0 atom stereocenters. The van der Waals surface area contributed by atoms with E-state index in [4.69, 9.17) is 4.98 Å². The first-order chi connectivity index (χ1) is 23.2. The number of unbranched alkanes of at least 4 members (excludes halogenated alkanes) is 3. The van der Waals surface area contributed by atoms with Crippen LogP contribution in [0.1, 0.15) is 67.7 Å². The van der Waals surface area contributed by atoms with Crippen LogP contribution in [0.25, 0.3) is 22.2 Å². The first kappa shape index (κ1) is 34.4. The van der Waals surface area contributed by atoms with Gasteiger partial charge in [0.05, 0.1) is 15.9 Å². The molecule has 3 amide bonds. The smallest absolute Gasteiger partial charge is 0.321 e. The summed E-state index contributed by atoms with van der Waals surface area (Å²) in [6.45, 7) is 5.55. The van der Waals surface area contributed by atoms with E-state index in [9.17, 15) is 18.0 Å². The first-order valence-electron chi connectivity index (χ1n) is 16.5. The minimum absolute atomic E-state index is 0.0255. The Morgan fingerprint density at radius 1 is 0.833 bits per heavy atom. The molecule has 9 nitrogen and oxygen atoms in total. The van der Waals surface area contributed by atoms with Crippen molar-refractivity contribution >= 4 is 38.7 Å². The summed E-state index contributed by atoms with van der Waals surface area (Å²) in [6, 6.07) is 28.7. The van der Waals surface area contributed by atoms with Crippen LogP contribution < -0.4 is 14.9 Å². The minimum Gasteiger partial charge on any atom is -0.341 e. The first-order valence-corrected chi connectivity index (χ1v) is 18.0. The minimum atomic E-state index is -4.02. The lowest BCUT2D eigenvalue weighted by Gasteiger charge is -2.22. The standard InChI is InChI=1S/C38H43N5O4S/c1-4-6-13-25-42(38(45)39-3)30-23-24-35-34(26-30)40-36(18-7-5-2)43(35)27-28-19-21-29(22-20-28)32-16-11-12-17-33(32)37(44)41-48(46,47)31-14-9-8-10-15-31/h8-12,14-17,19-24,26H,4-7,13,18,25,27H2,1-3H3,(H,39,45)(H,41,44). The van der Waals surface area contributed by atoms with Crippen molar-refractivity contribution in [1.82, 2.24) is 19.6 Å². The molecule has 0 fully saturated rings. The van der Waals surface area contributed by atoms with Crippen LogP contribution in [0.2, 0.25) is 0 Å². The average molecular weight is 666 g/mol. The SMILES string of the molecule is CCCCCN(C(=O)NC)c1ccc2c(c1)nc(CCCC)n2Cc1ccc(-c2ccccc2C(=O)NS(=O)(=O)c2ccccc2)cc1. The molecule has 0 radical (unpaired) electrons. The average Bonchev–Trinajstić information content (AvgIpc) is 3.45. The third kappa shape index (κ3) is 7.94. The van der Waals surface area contributed by atoms with Crippen LogP contribution in [0, 0.1) is 0 Å². The van der Waals surface area contributed by atoms with E-state index >= 15 is 0 Å². The Hall–Kier alpha value is -4.96. The van der Waals surface area contributed by atoms with Crippen LogP contribution >= 0.6 is 0 Å². The van der Waals surface area contributed by atoms with Gasteiger partial charge in [0.15, 0.2) is 0 Å². The molecule has 0 aliphatic carbocycles. The van der Waals surface area contributed by atoms with Gasteiger partial charge in [-0.05, 0) is 65.9 Å². The number of imidazole rings is 1. The van der Waals surface area contributed by atoms with Gasteiger partial charge < -0.3 is 9.88 Å². The third-order valence-electron chi connectivity index (χ3n) is 8.38. The van der Waals surface area contributed by atoms with Gasteiger partial charge in [-0.3, -0.25) is 9.69 Å². The number of nitrogens with zero attached hydrogens (tertiary/aromatic N) is 3. The van der Waals surface area contributed by atoms with Crippen molar-refractivity contribution in [2.24, 2.45) is 0 Å². The summed E-state index contributed by atoms with van der Waals surface area (Å²) in [4.78, 5) is 32.8. The maximum atomic E-state index is 13.2.